The van der Waals surface area contributed by atoms with Gasteiger partial charge in [0, 0.05) is 26.1 Å². The van der Waals surface area contributed by atoms with Crippen LogP contribution in [0.15, 0.2) is 6.07 Å². The normalized spacial score (nSPS) is 10.8. The fourth-order valence-electron chi connectivity index (χ4n) is 1.83. The van der Waals surface area contributed by atoms with Crippen LogP contribution in [0, 0.1) is 0 Å². The molecule has 5 nitrogen and oxygen atoms in total. The second-order valence-corrected chi connectivity index (χ2v) is 4.38. The standard InChI is InChI=1S/C14H26N4O/c1-5-8-12-16-13(15-4)11-14(17-12)19-10-9-18(6-2)7-3/h11H,5-10H2,1-4H3,(H,15,16,17). The van der Waals surface area contributed by atoms with Gasteiger partial charge < -0.3 is 15.0 Å². The summed E-state index contributed by atoms with van der Waals surface area (Å²) in [4.78, 5) is 11.2. The van der Waals surface area contributed by atoms with Crippen molar-refractivity contribution in [2.75, 3.05) is 38.6 Å². The van der Waals surface area contributed by atoms with Crippen LogP contribution in [0.25, 0.3) is 0 Å². The maximum absolute atomic E-state index is 5.74. The van der Waals surface area contributed by atoms with Crippen molar-refractivity contribution in [2.24, 2.45) is 0 Å². The summed E-state index contributed by atoms with van der Waals surface area (Å²) in [6, 6.07) is 1.85. The van der Waals surface area contributed by atoms with Gasteiger partial charge in [-0.15, -0.1) is 0 Å². The van der Waals surface area contributed by atoms with Crippen LogP contribution in [0.3, 0.4) is 0 Å². The molecule has 0 aliphatic rings. The summed E-state index contributed by atoms with van der Waals surface area (Å²) >= 11 is 0. The van der Waals surface area contributed by atoms with Crippen LogP contribution >= 0.6 is 0 Å². The zero-order valence-corrected chi connectivity index (χ0v) is 12.6. The maximum atomic E-state index is 5.74. The minimum atomic E-state index is 0.660. The molecule has 19 heavy (non-hydrogen) atoms. The van der Waals surface area contributed by atoms with Gasteiger partial charge in [-0.2, -0.15) is 4.98 Å². The highest BCUT2D eigenvalue weighted by molar-refractivity contribution is 5.37. The topological polar surface area (TPSA) is 50.3 Å². The third-order valence-electron chi connectivity index (χ3n) is 3.03. The van der Waals surface area contributed by atoms with Crippen molar-refractivity contribution in [1.29, 1.82) is 0 Å². The second kappa shape index (κ2) is 8.69. The molecule has 0 amide bonds. The van der Waals surface area contributed by atoms with E-state index in [1.807, 2.05) is 13.1 Å². The summed E-state index contributed by atoms with van der Waals surface area (Å²) < 4.78 is 5.74. The Morgan fingerprint density at radius 3 is 2.53 bits per heavy atom. The summed E-state index contributed by atoms with van der Waals surface area (Å²) in [6.45, 7) is 10.1. The molecule has 1 N–H and O–H groups in total. The maximum Gasteiger partial charge on any atom is 0.218 e. The molecule has 0 saturated carbocycles. The highest BCUT2D eigenvalue weighted by atomic mass is 16.5. The van der Waals surface area contributed by atoms with E-state index in [9.17, 15) is 0 Å². The fourth-order valence-corrected chi connectivity index (χ4v) is 1.83. The Bertz CT molecular complexity index is 366. The number of anilines is 1. The summed E-state index contributed by atoms with van der Waals surface area (Å²) in [5, 5.41) is 3.05. The van der Waals surface area contributed by atoms with Gasteiger partial charge in [-0.3, -0.25) is 0 Å². The predicted octanol–water partition coefficient (Wildman–Crippen LogP) is 2.19. The van der Waals surface area contributed by atoms with Crippen LogP contribution in [0.1, 0.15) is 33.0 Å². The van der Waals surface area contributed by atoms with Gasteiger partial charge in [0.05, 0.1) is 0 Å². The first-order valence-electron chi connectivity index (χ1n) is 7.14. The number of nitrogens with zero attached hydrogens (tertiary/aromatic N) is 3. The lowest BCUT2D eigenvalue weighted by Crippen LogP contribution is -2.28. The van der Waals surface area contributed by atoms with E-state index in [4.69, 9.17) is 4.74 Å². The SMILES string of the molecule is CCCc1nc(NC)cc(OCCN(CC)CC)n1. The van der Waals surface area contributed by atoms with Crippen molar-refractivity contribution in [3.63, 3.8) is 0 Å². The van der Waals surface area contributed by atoms with Gasteiger partial charge in [0.25, 0.3) is 0 Å². The van der Waals surface area contributed by atoms with Crippen LogP contribution in [0.5, 0.6) is 5.88 Å². The quantitative estimate of drug-likeness (QED) is 0.742. The number of likely N-dealkylation sites (N-methyl/N-ethyl adjacent to an activating group) is 1. The minimum Gasteiger partial charge on any atom is -0.476 e. The monoisotopic (exact) mass is 266 g/mol. The molecule has 0 aromatic carbocycles. The number of nitrogens with one attached hydrogen (secondary N) is 1. The smallest absolute Gasteiger partial charge is 0.218 e. The van der Waals surface area contributed by atoms with Gasteiger partial charge in [-0.1, -0.05) is 20.8 Å². The van der Waals surface area contributed by atoms with E-state index in [2.05, 4.69) is 41.0 Å². The molecule has 0 fully saturated rings. The van der Waals surface area contributed by atoms with E-state index in [0.29, 0.717) is 12.5 Å². The lowest BCUT2D eigenvalue weighted by atomic mass is 10.3. The molecule has 0 bridgehead atoms. The zero-order chi connectivity index (χ0) is 14.1. The van der Waals surface area contributed by atoms with E-state index in [1.165, 1.54) is 0 Å². The summed E-state index contributed by atoms with van der Waals surface area (Å²) in [6.07, 6.45) is 1.91. The predicted molar refractivity (Wildman–Crippen MR) is 78.9 cm³/mol. The fraction of sp³-hybridized carbons (Fsp3) is 0.714. The molecule has 5 heteroatoms. The number of ether oxygens (including phenoxy) is 1. The molecular formula is C14H26N4O. The number of hydrogen-bond acceptors (Lipinski definition) is 5. The number of hydrogen-bond donors (Lipinski definition) is 1. The third-order valence-corrected chi connectivity index (χ3v) is 3.03. The molecule has 1 rings (SSSR count). The first-order valence-corrected chi connectivity index (χ1v) is 7.14. The Morgan fingerprint density at radius 1 is 1.21 bits per heavy atom. The molecule has 0 unspecified atom stereocenters. The van der Waals surface area contributed by atoms with Crippen molar-refractivity contribution in [3.05, 3.63) is 11.9 Å². The highest BCUT2D eigenvalue weighted by Gasteiger charge is 2.05. The lowest BCUT2D eigenvalue weighted by molar-refractivity contribution is 0.217. The first-order chi connectivity index (χ1) is 9.23. The van der Waals surface area contributed by atoms with Gasteiger partial charge in [0.2, 0.25) is 5.88 Å². The Labute approximate surface area is 116 Å². The van der Waals surface area contributed by atoms with Crippen molar-refractivity contribution in [2.45, 2.75) is 33.6 Å². The molecule has 0 saturated heterocycles. The van der Waals surface area contributed by atoms with Crippen LogP contribution in [0.4, 0.5) is 5.82 Å². The lowest BCUT2D eigenvalue weighted by Gasteiger charge is -2.18. The van der Waals surface area contributed by atoms with Crippen LogP contribution in [0.2, 0.25) is 0 Å². The van der Waals surface area contributed by atoms with Crippen LogP contribution in [-0.2, 0) is 6.42 Å². The van der Waals surface area contributed by atoms with Gasteiger partial charge >= 0.3 is 0 Å². The first kappa shape index (κ1) is 15.7. The summed E-state index contributed by atoms with van der Waals surface area (Å²) in [7, 11) is 1.86. The summed E-state index contributed by atoms with van der Waals surface area (Å²) in [5.41, 5.74) is 0. The van der Waals surface area contributed by atoms with Gasteiger partial charge in [-0.05, 0) is 19.5 Å². The number of aryl methyl sites for hydroxylation is 1. The van der Waals surface area contributed by atoms with Gasteiger partial charge in [0.1, 0.15) is 18.2 Å². The molecule has 1 aromatic heterocycles. The van der Waals surface area contributed by atoms with Crippen molar-refractivity contribution in [3.8, 4) is 5.88 Å². The number of rotatable bonds is 9. The van der Waals surface area contributed by atoms with Crippen molar-refractivity contribution >= 4 is 5.82 Å². The highest BCUT2D eigenvalue weighted by Crippen LogP contribution is 2.14. The molecular weight excluding hydrogens is 240 g/mol. The summed E-state index contributed by atoms with van der Waals surface area (Å²) in [5.74, 6) is 2.32. The van der Waals surface area contributed by atoms with E-state index in [1.54, 1.807) is 0 Å². The Kier molecular flexibility index (Phi) is 7.18. The molecule has 0 atom stereocenters. The second-order valence-electron chi connectivity index (χ2n) is 4.38. The molecule has 0 aliphatic heterocycles. The van der Waals surface area contributed by atoms with Crippen molar-refractivity contribution in [1.82, 2.24) is 14.9 Å². The van der Waals surface area contributed by atoms with Gasteiger partial charge in [-0.25, -0.2) is 4.98 Å². The van der Waals surface area contributed by atoms with E-state index in [0.717, 1.165) is 44.1 Å². The Morgan fingerprint density at radius 2 is 1.95 bits per heavy atom. The molecule has 0 radical (unpaired) electrons. The number of aromatic nitrogens is 2. The van der Waals surface area contributed by atoms with Crippen LogP contribution < -0.4 is 10.1 Å². The van der Waals surface area contributed by atoms with E-state index < -0.39 is 0 Å². The average molecular weight is 266 g/mol. The molecule has 0 spiro atoms. The minimum absolute atomic E-state index is 0.660. The Balaban J connectivity index is 2.58. The van der Waals surface area contributed by atoms with Crippen molar-refractivity contribution < 1.29 is 4.74 Å². The average Bonchev–Trinajstić information content (AvgIpc) is 2.43. The zero-order valence-electron chi connectivity index (χ0n) is 12.6. The van der Waals surface area contributed by atoms with E-state index >= 15 is 0 Å². The molecule has 0 aliphatic carbocycles. The molecule has 1 heterocycles. The van der Waals surface area contributed by atoms with Gasteiger partial charge in [0.15, 0.2) is 0 Å². The molecule has 1 aromatic rings. The van der Waals surface area contributed by atoms with Crippen LogP contribution in [-0.4, -0.2) is 48.2 Å². The Hall–Kier alpha value is -1.36. The third kappa shape index (κ3) is 5.42. The largest absolute Gasteiger partial charge is 0.476 e. The molecule has 108 valence electrons. The van der Waals surface area contributed by atoms with E-state index in [-0.39, 0.29) is 0 Å².